The largest absolute Gasteiger partial charge is 0.462 e. The lowest BCUT2D eigenvalue weighted by Crippen LogP contribution is -2.41. The first-order chi connectivity index (χ1) is 8.11. The first-order valence-electron chi connectivity index (χ1n) is 6.77. The van der Waals surface area contributed by atoms with E-state index in [9.17, 15) is 4.79 Å². The molecule has 0 saturated carbocycles. The van der Waals surface area contributed by atoms with Gasteiger partial charge in [-0.05, 0) is 46.2 Å². The van der Waals surface area contributed by atoms with Crippen LogP contribution in [0.15, 0.2) is 0 Å². The highest BCUT2D eigenvalue weighted by Gasteiger charge is 2.19. The van der Waals surface area contributed by atoms with Gasteiger partial charge in [-0.2, -0.15) is 0 Å². The third-order valence-electron chi connectivity index (χ3n) is 2.90. The van der Waals surface area contributed by atoms with E-state index in [4.69, 9.17) is 4.74 Å². The minimum absolute atomic E-state index is 0.0180. The Morgan fingerprint density at radius 3 is 2.82 bits per heavy atom. The van der Waals surface area contributed by atoms with Crippen LogP contribution in [0, 0.1) is 0 Å². The fraction of sp³-hybridized carbons (Fsp3) is 0.923. The predicted molar refractivity (Wildman–Crippen MR) is 69.0 cm³/mol. The number of hydrogen-bond acceptors (Lipinski definition) is 4. The fourth-order valence-electron chi connectivity index (χ4n) is 2.26. The van der Waals surface area contributed by atoms with Crippen LogP contribution in [0.4, 0.5) is 0 Å². The van der Waals surface area contributed by atoms with Crippen LogP contribution in [0.5, 0.6) is 0 Å². The van der Waals surface area contributed by atoms with Crippen molar-refractivity contribution in [1.29, 1.82) is 0 Å². The van der Waals surface area contributed by atoms with Crippen LogP contribution in [0.3, 0.4) is 0 Å². The second-order valence-electron chi connectivity index (χ2n) is 5.07. The smallest absolute Gasteiger partial charge is 0.320 e. The molecular weight excluding hydrogens is 216 g/mol. The molecular formula is C13H26N2O2. The molecule has 1 aliphatic rings. The Hall–Kier alpha value is -0.610. The number of esters is 1. The predicted octanol–water partition coefficient (Wildman–Crippen LogP) is 1.40. The fourth-order valence-corrected chi connectivity index (χ4v) is 2.26. The summed E-state index contributed by atoms with van der Waals surface area (Å²) in [5, 5.41) is 3.47. The van der Waals surface area contributed by atoms with Gasteiger partial charge in [0.1, 0.15) is 0 Å². The van der Waals surface area contributed by atoms with E-state index >= 15 is 0 Å². The number of nitrogens with zero attached hydrogens (tertiary/aromatic N) is 1. The summed E-state index contributed by atoms with van der Waals surface area (Å²) in [6.45, 7) is 9.38. The summed E-state index contributed by atoms with van der Waals surface area (Å²) in [7, 11) is 0. The highest BCUT2D eigenvalue weighted by molar-refractivity contribution is 5.71. The van der Waals surface area contributed by atoms with E-state index in [2.05, 4.69) is 17.1 Å². The van der Waals surface area contributed by atoms with Crippen molar-refractivity contribution in [3.8, 4) is 0 Å². The van der Waals surface area contributed by atoms with E-state index in [-0.39, 0.29) is 12.1 Å². The molecule has 17 heavy (non-hydrogen) atoms. The molecule has 0 bridgehead atoms. The molecule has 4 nitrogen and oxygen atoms in total. The average Bonchev–Trinajstić information content (AvgIpc) is 2.69. The first kappa shape index (κ1) is 14.5. The highest BCUT2D eigenvalue weighted by atomic mass is 16.5. The van der Waals surface area contributed by atoms with E-state index in [1.54, 1.807) is 0 Å². The molecule has 0 aromatic heterocycles. The monoisotopic (exact) mass is 242 g/mol. The molecule has 100 valence electrons. The summed E-state index contributed by atoms with van der Waals surface area (Å²) in [4.78, 5) is 13.8. The van der Waals surface area contributed by atoms with E-state index in [1.165, 1.54) is 12.8 Å². The molecule has 4 heteroatoms. The van der Waals surface area contributed by atoms with Crippen molar-refractivity contribution in [2.45, 2.75) is 52.2 Å². The molecule has 1 atom stereocenters. The minimum atomic E-state index is -0.105. The van der Waals surface area contributed by atoms with Crippen LogP contribution in [-0.2, 0) is 9.53 Å². The van der Waals surface area contributed by atoms with Crippen molar-refractivity contribution in [3.05, 3.63) is 0 Å². The van der Waals surface area contributed by atoms with Gasteiger partial charge in [-0.1, -0.05) is 6.92 Å². The van der Waals surface area contributed by atoms with Gasteiger partial charge in [0.25, 0.3) is 0 Å². The van der Waals surface area contributed by atoms with Gasteiger partial charge in [-0.15, -0.1) is 0 Å². The zero-order valence-electron chi connectivity index (χ0n) is 11.4. The van der Waals surface area contributed by atoms with Gasteiger partial charge in [0.2, 0.25) is 0 Å². The van der Waals surface area contributed by atoms with Gasteiger partial charge in [-0.25, -0.2) is 0 Å². The molecule has 1 heterocycles. The molecule has 1 fully saturated rings. The van der Waals surface area contributed by atoms with Gasteiger partial charge in [-0.3, -0.25) is 9.69 Å². The summed E-state index contributed by atoms with van der Waals surface area (Å²) in [5.41, 5.74) is 0. The molecule has 0 amide bonds. The second-order valence-corrected chi connectivity index (χ2v) is 5.07. The van der Waals surface area contributed by atoms with Crippen molar-refractivity contribution in [1.82, 2.24) is 10.2 Å². The molecule has 1 rings (SSSR count). The molecule has 0 radical (unpaired) electrons. The topological polar surface area (TPSA) is 41.6 Å². The molecule has 1 unspecified atom stereocenters. The number of nitrogens with one attached hydrogen (secondary N) is 1. The minimum Gasteiger partial charge on any atom is -0.462 e. The SMILES string of the molecule is CCCN(CC(=O)OC(C)C)CC1CCCN1. The Morgan fingerprint density at radius 2 is 2.29 bits per heavy atom. The van der Waals surface area contributed by atoms with Crippen molar-refractivity contribution < 1.29 is 9.53 Å². The summed E-state index contributed by atoms with van der Waals surface area (Å²) >= 11 is 0. The highest BCUT2D eigenvalue weighted by Crippen LogP contribution is 2.07. The molecule has 1 N–H and O–H groups in total. The van der Waals surface area contributed by atoms with Crippen molar-refractivity contribution >= 4 is 5.97 Å². The van der Waals surface area contributed by atoms with Gasteiger partial charge in [0.05, 0.1) is 12.6 Å². The van der Waals surface area contributed by atoms with Gasteiger partial charge < -0.3 is 10.1 Å². The molecule has 1 saturated heterocycles. The summed E-state index contributed by atoms with van der Waals surface area (Å²) in [5.74, 6) is -0.105. The van der Waals surface area contributed by atoms with Crippen LogP contribution in [0.2, 0.25) is 0 Å². The number of carbonyl (C=O) groups excluding carboxylic acids is 1. The van der Waals surface area contributed by atoms with E-state index in [1.807, 2.05) is 13.8 Å². The van der Waals surface area contributed by atoms with Crippen LogP contribution >= 0.6 is 0 Å². The van der Waals surface area contributed by atoms with Gasteiger partial charge in [0, 0.05) is 12.6 Å². The van der Waals surface area contributed by atoms with Crippen LogP contribution in [0.25, 0.3) is 0 Å². The number of rotatable bonds is 7. The lowest BCUT2D eigenvalue weighted by Gasteiger charge is -2.24. The normalized spacial score (nSPS) is 20.2. The Kier molecular flexibility index (Phi) is 6.52. The number of ether oxygens (including phenoxy) is 1. The molecule has 0 aliphatic carbocycles. The van der Waals surface area contributed by atoms with Crippen molar-refractivity contribution in [2.24, 2.45) is 0 Å². The van der Waals surface area contributed by atoms with E-state index in [0.29, 0.717) is 12.6 Å². The van der Waals surface area contributed by atoms with Crippen LogP contribution in [-0.4, -0.2) is 49.2 Å². The lowest BCUT2D eigenvalue weighted by molar-refractivity contribution is -0.148. The maximum Gasteiger partial charge on any atom is 0.320 e. The molecule has 0 aromatic rings. The van der Waals surface area contributed by atoms with E-state index in [0.717, 1.165) is 26.1 Å². The van der Waals surface area contributed by atoms with Crippen molar-refractivity contribution in [2.75, 3.05) is 26.2 Å². The average molecular weight is 242 g/mol. The number of hydrogen-bond donors (Lipinski definition) is 1. The quantitative estimate of drug-likeness (QED) is 0.685. The summed E-state index contributed by atoms with van der Waals surface area (Å²) in [6, 6.07) is 0.549. The van der Waals surface area contributed by atoms with Crippen LogP contribution in [0.1, 0.15) is 40.0 Å². The Balaban J connectivity index is 2.33. The Bertz CT molecular complexity index is 225. The first-order valence-corrected chi connectivity index (χ1v) is 6.77. The molecule has 0 aromatic carbocycles. The third kappa shape index (κ3) is 6.03. The summed E-state index contributed by atoms with van der Waals surface area (Å²) in [6.07, 6.45) is 3.53. The maximum absolute atomic E-state index is 11.6. The van der Waals surface area contributed by atoms with E-state index < -0.39 is 0 Å². The second kappa shape index (κ2) is 7.67. The lowest BCUT2D eigenvalue weighted by atomic mass is 10.2. The van der Waals surface area contributed by atoms with Gasteiger partial charge in [0.15, 0.2) is 0 Å². The summed E-state index contributed by atoms with van der Waals surface area (Å²) < 4.78 is 5.19. The van der Waals surface area contributed by atoms with Crippen molar-refractivity contribution in [3.63, 3.8) is 0 Å². The molecule has 1 aliphatic heterocycles. The molecule has 0 spiro atoms. The number of carbonyl (C=O) groups is 1. The Morgan fingerprint density at radius 1 is 1.53 bits per heavy atom. The zero-order chi connectivity index (χ0) is 12.7. The van der Waals surface area contributed by atoms with Crippen LogP contribution < -0.4 is 5.32 Å². The zero-order valence-corrected chi connectivity index (χ0v) is 11.4. The third-order valence-corrected chi connectivity index (χ3v) is 2.90. The Labute approximate surface area is 105 Å². The standard InChI is InChI=1S/C13H26N2O2/c1-4-8-15(9-12-6-5-7-14-12)10-13(16)17-11(2)3/h11-12,14H,4-10H2,1-3H3. The van der Waals surface area contributed by atoms with Gasteiger partial charge >= 0.3 is 5.97 Å². The maximum atomic E-state index is 11.6.